The third-order valence-corrected chi connectivity index (χ3v) is 2.40. The lowest BCUT2D eigenvalue weighted by atomic mass is 10.0. The molecule has 0 spiro atoms. The molecule has 2 heteroatoms. The lowest BCUT2D eigenvalue weighted by molar-refractivity contribution is -0.109. The zero-order chi connectivity index (χ0) is 11.3. The minimum Gasteiger partial charge on any atom is -0.378 e. The molecular weight excluding hydrogens is 186 g/mol. The third kappa shape index (κ3) is 3.24. The van der Waals surface area contributed by atoms with Crippen LogP contribution in [0.4, 0.5) is 5.69 Å². The fraction of sp³-hybridized carbons (Fsp3) is 0.308. The Morgan fingerprint density at radius 1 is 1.33 bits per heavy atom. The lowest BCUT2D eigenvalue weighted by Gasteiger charge is -2.13. The number of anilines is 1. The first-order valence-electron chi connectivity index (χ1n) is 5.01. The maximum absolute atomic E-state index is 10.6. The van der Waals surface area contributed by atoms with Crippen LogP contribution in [0.1, 0.15) is 5.56 Å². The van der Waals surface area contributed by atoms with Crippen molar-refractivity contribution in [2.75, 3.05) is 19.0 Å². The monoisotopic (exact) mass is 203 g/mol. The van der Waals surface area contributed by atoms with Crippen molar-refractivity contribution in [1.82, 2.24) is 0 Å². The van der Waals surface area contributed by atoms with E-state index in [1.165, 1.54) is 5.69 Å². The highest BCUT2D eigenvalue weighted by atomic mass is 16.1. The van der Waals surface area contributed by atoms with Crippen LogP contribution in [0, 0.1) is 5.92 Å². The van der Waals surface area contributed by atoms with Gasteiger partial charge in [0.25, 0.3) is 0 Å². The van der Waals surface area contributed by atoms with Gasteiger partial charge in [-0.15, -0.1) is 6.58 Å². The summed E-state index contributed by atoms with van der Waals surface area (Å²) in [7, 11) is 4.01. The van der Waals surface area contributed by atoms with Crippen LogP contribution in [-0.4, -0.2) is 20.4 Å². The molecule has 0 heterocycles. The molecule has 1 atom stereocenters. The Morgan fingerprint density at radius 2 is 1.93 bits per heavy atom. The van der Waals surface area contributed by atoms with E-state index in [0.717, 1.165) is 18.3 Å². The van der Waals surface area contributed by atoms with Gasteiger partial charge in [-0.2, -0.15) is 0 Å². The largest absolute Gasteiger partial charge is 0.378 e. The number of allylic oxidation sites excluding steroid dienone is 1. The van der Waals surface area contributed by atoms with Gasteiger partial charge in [-0.1, -0.05) is 18.2 Å². The molecule has 0 radical (unpaired) electrons. The summed E-state index contributed by atoms with van der Waals surface area (Å²) in [5.74, 6) is -0.0739. The highest BCUT2D eigenvalue weighted by molar-refractivity contribution is 5.57. The van der Waals surface area contributed by atoms with E-state index >= 15 is 0 Å². The van der Waals surface area contributed by atoms with Crippen LogP contribution >= 0.6 is 0 Å². The summed E-state index contributed by atoms with van der Waals surface area (Å²) in [6, 6.07) is 8.21. The SMILES string of the molecule is C=CC(C=O)Cc1ccc(N(C)C)cc1. The van der Waals surface area contributed by atoms with E-state index < -0.39 is 0 Å². The Kier molecular flexibility index (Phi) is 4.10. The molecule has 0 aliphatic rings. The molecule has 1 rings (SSSR count). The third-order valence-electron chi connectivity index (χ3n) is 2.40. The fourth-order valence-electron chi connectivity index (χ4n) is 1.39. The molecule has 0 saturated heterocycles. The van der Waals surface area contributed by atoms with Crippen LogP contribution in [0.15, 0.2) is 36.9 Å². The van der Waals surface area contributed by atoms with Gasteiger partial charge in [0.05, 0.1) is 0 Å². The molecule has 0 aliphatic heterocycles. The van der Waals surface area contributed by atoms with Crippen LogP contribution in [0.3, 0.4) is 0 Å². The van der Waals surface area contributed by atoms with Crippen molar-refractivity contribution in [3.05, 3.63) is 42.5 Å². The predicted molar refractivity (Wildman–Crippen MR) is 64.2 cm³/mol. The van der Waals surface area contributed by atoms with E-state index in [0.29, 0.717) is 0 Å². The van der Waals surface area contributed by atoms with Gasteiger partial charge < -0.3 is 9.69 Å². The molecule has 15 heavy (non-hydrogen) atoms. The Bertz CT molecular complexity index is 319. The van der Waals surface area contributed by atoms with E-state index in [4.69, 9.17) is 0 Å². The van der Waals surface area contributed by atoms with Gasteiger partial charge in [-0.25, -0.2) is 0 Å². The van der Waals surface area contributed by atoms with E-state index in [9.17, 15) is 4.79 Å². The topological polar surface area (TPSA) is 20.3 Å². The zero-order valence-electron chi connectivity index (χ0n) is 9.31. The second kappa shape index (κ2) is 5.35. The van der Waals surface area contributed by atoms with Gasteiger partial charge in [0.2, 0.25) is 0 Å². The van der Waals surface area contributed by atoms with E-state index in [1.807, 2.05) is 14.1 Å². The molecule has 0 amide bonds. The quantitative estimate of drug-likeness (QED) is 0.540. The highest BCUT2D eigenvalue weighted by Gasteiger charge is 2.03. The van der Waals surface area contributed by atoms with Crippen LogP contribution in [0.25, 0.3) is 0 Å². The van der Waals surface area contributed by atoms with Gasteiger partial charge in [-0.3, -0.25) is 0 Å². The first-order valence-corrected chi connectivity index (χ1v) is 5.01. The fourth-order valence-corrected chi connectivity index (χ4v) is 1.39. The number of hydrogen-bond acceptors (Lipinski definition) is 2. The summed E-state index contributed by atoms with van der Waals surface area (Å²) in [5, 5.41) is 0. The normalized spacial score (nSPS) is 11.9. The molecule has 0 fully saturated rings. The minimum atomic E-state index is -0.0739. The molecule has 0 aliphatic carbocycles. The van der Waals surface area contributed by atoms with E-state index in [2.05, 4.69) is 35.7 Å². The maximum atomic E-state index is 10.6. The molecule has 0 bridgehead atoms. The molecule has 1 aromatic rings. The Hall–Kier alpha value is -1.57. The summed E-state index contributed by atoms with van der Waals surface area (Å²) >= 11 is 0. The number of nitrogens with zero attached hydrogens (tertiary/aromatic N) is 1. The van der Waals surface area contributed by atoms with E-state index in [1.54, 1.807) is 6.08 Å². The van der Waals surface area contributed by atoms with Crippen molar-refractivity contribution in [1.29, 1.82) is 0 Å². The number of benzene rings is 1. The van der Waals surface area contributed by atoms with Gasteiger partial charge >= 0.3 is 0 Å². The van der Waals surface area contributed by atoms with Crippen molar-refractivity contribution < 1.29 is 4.79 Å². The number of rotatable bonds is 5. The zero-order valence-corrected chi connectivity index (χ0v) is 9.31. The number of aldehydes is 1. The lowest BCUT2D eigenvalue weighted by Crippen LogP contribution is -2.08. The molecule has 2 nitrogen and oxygen atoms in total. The number of hydrogen-bond donors (Lipinski definition) is 0. The Balaban J connectivity index is 2.71. The predicted octanol–water partition coefficient (Wildman–Crippen LogP) is 2.30. The average Bonchev–Trinajstić information content (AvgIpc) is 2.26. The Morgan fingerprint density at radius 3 is 2.33 bits per heavy atom. The van der Waals surface area contributed by atoms with Crippen molar-refractivity contribution in [2.45, 2.75) is 6.42 Å². The van der Waals surface area contributed by atoms with Crippen molar-refractivity contribution in [2.24, 2.45) is 5.92 Å². The van der Waals surface area contributed by atoms with Crippen LogP contribution in [0.2, 0.25) is 0 Å². The second-order valence-corrected chi connectivity index (χ2v) is 3.80. The van der Waals surface area contributed by atoms with Gasteiger partial charge in [0, 0.05) is 25.7 Å². The molecular formula is C13H17NO. The van der Waals surface area contributed by atoms with Crippen molar-refractivity contribution in [3.63, 3.8) is 0 Å². The summed E-state index contributed by atoms with van der Waals surface area (Å²) in [5.41, 5.74) is 2.33. The molecule has 1 unspecified atom stereocenters. The molecule has 0 saturated carbocycles. The first kappa shape index (κ1) is 11.5. The number of carbonyl (C=O) groups excluding carboxylic acids is 1. The molecule has 0 aromatic heterocycles. The van der Waals surface area contributed by atoms with Gasteiger partial charge in [0.1, 0.15) is 6.29 Å². The average molecular weight is 203 g/mol. The summed E-state index contributed by atoms with van der Waals surface area (Å²) < 4.78 is 0. The summed E-state index contributed by atoms with van der Waals surface area (Å²) in [6.07, 6.45) is 3.36. The van der Waals surface area contributed by atoms with Crippen molar-refractivity contribution in [3.8, 4) is 0 Å². The number of carbonyl (C=O) groups is 1. The van der Waals surface area contributed by atoms with Crippen LogP contribution in [-0.2, 0) is 11.2 Å². The Labute approximate surface area is 91.2 Å². The summed E-state index contributed by atoms with van der Waals surface area (Å²) in [6.45, 7) is 3.63. The smallest absolute Gasteiger partial charge is 0.127 e. The van der Waals surface area contributed by atoms with Crippen molar-refractivity contribution >= 4 is 12.0 Å². The minimum absolute atomic E-state index is 0.0739. The standard InChI is InChI=1S/C13H17NO/c1-4-11(10-15)9-12-5-7-13(8-6-12)14(2)3/h4-8,10-11H,1,9H2,2-3H3. The molecule has 1 aromatic carbocycles. The highest BCUT2D eigenvalue weighted by Crippen LogP contribution is 2.14. The maximum Gasteiger partial charge on any atom is 0.127 e. The molecule has 0 N–H and O–H groups in total. The summed E-state index contributed by atoms with van der Waals surface area (Å²) in [4.78, 5) is 12.7. The van der Waals surface area contributed by atoms with Gasteiger partial charge in [-0.05, 0) is 24.1 Å². The van der Waals surface area contributed by atoms with Crippen LogP contribution in [0.5, 0.6) is 0 Å². The van der Waals surface area contributed by atoms with E-state index in [-0.39, 0.29) is 5.92 Å². The molecule has 80 valence electrons. The van der Waals surface area contributed by atoms with Crippen LogP contribution < -0.4 is 4.90 Å². The second-order valence-electron chi connectivity index (χ2n) is 3.80. The first-order chi connectivity index (χ1) is 7.17. The van der Waals surface area contributed by atoms with Gasteiger partial charge in [0.15, 0.2) is 0 Å².